The standard InChI is InChI=1S/C13H28O2/c1-5-8-9-12(6-2)10-15-13(4,7-3)11-14/h12,14H,5-11H2,1-4H3. The van der Waals surface area contributed by atoms with Gasteiger partial charge in [0.15, 0.2) is 0 Å². The minimum Gasteiger partial charge on any atom is -0.393 e. The number of unbranched alkanes of at least 4 members (excludes halogenated alkanes) is 1. The van der Waals surface area contributed by atoms with Crippen LogP contribution < -0.4 is 0 Å². The van der Waals surface area contributed by atoms with Crippen molar-refractivity contribution in [3.63, 3.8) is 0 Å². The molecule has 0 saturated heterocycles. The van der Waals surface area contributed by atoms with Crippen LogP contribution in [-0.4, -0.2) is 23.9 Å². The zero-order valence-corrected chi connectivity index (χ0v) is 10.9. The van der Waals surface area contributed by atoms with Crippen LogP contribution in [0.4, 0.5) is 0 Å². The van der Waals surface area contributed by atoms with Crippen molar-refractivity contribution in [2.45, 2.75) is 65.4 Å². The van der Waals surface area contributed by atoms with Crippen molar-refractivity contribution >= 4 is 0 Å². The molecule has 2 heteroatoms. The van der Waals surface area contributed by atoms with Gasteiger partial charge in [-0.2, -0.15) is 0 Å². The van der Waals surface area contributed by atoms with E-state index in [4.69, 9.17) is 4.74 Å². The van der Waals surface area contributed by atoms with E-state index in [1.165, 1.54) is 25.7 Å². The van der Waals surface area contributed by atoms with Crippen LogP contribution in [0.2, 0.25) is 0 Å². The minimum absolute atomic E-state index is 0.119. The first-order valence-corrected chi connectivity index (χ1v) is 6.36. The van der Waals surface area contributed by atoms with Gasteiger partial charge in [-0.15, -0.1) is 0 Å². The molecule has 0 aromatic heterocycles. The molecule has 0 bridgehead atoms. The Bertz CT molecular complexity index is 141. The Balaban J connectivity index is 3.87. The molecule has 2 unspecified atom stereocenters. The lowest BCUT2D eigenvalue weighted by atomic mass is 9.99. The van der Waals surface area contributed by atoms with Crippen LogP contribution in [0.5, 0.6) is 0 Å². The normalized spacial score (nSPS) is 17.4. The van der Waals surface area contributed by atoms with Gasteiger partial charge in [0.05, 0.1) is 18.8 Å². The molecule has 0 fully saturated rings. The Hall–Kier alpha value is -0.0800. The van der Waals surface area contributed by atoms with Crippen LogP contribution in [0.1, 0.15) is 59.8 Å². The van der Waals surface area contributed by atoms with Crippen molar-refractivity contribution in [1.82, 2.24) is 0 Å². The zero-order chi connectivity index (χ0) is 11.7. The quantitative estimate of drug-likeness (QED) is 0.640. The Kier molecular flexibility index (Phi) is 8.07. The number of hydrogen-bond acceptors (Lipinski definition) is 2. The molecular formula is C13H28O2. The van der Waals surface area contributed by atoms with E-state index in [2.05, 4.69) is 20.8 Å². The highest BCUT2D eigenvalue weighted by molar-refractivity contribution is 4.72. The predicted octanol–water partition coefficient (Wildman–Crippen LogP) is 3.38. The van der Waals surface area contributed by atoms with E-state index in [9.17, 15) is 5.11 Å². The van der Waals surface area contributed by atoms with E-state index in [1.54, 1.807) is 0 Å². The second kappa shape index (κ2) is 8.12. The molecule has 0 aromatic carbocycles. The second-order valence-corrected chi connectivity index (χ2v) is 4.69. The van der Waals surface area contributed by atoms with Gasteiger partial charge in [-0.1, -0.05) is 40.0 Å². The van der Waals surface area contributed by atoms with Gasteiger partial charge in [0.2, 0.25) is 0 Å². The zero-order valence-electron chi connectivity index (χ0n) is 10.9. The van der Waals surface area contributed by atoms with Gasteiger partial charge < -0.3 is 9.84 Å². The average molecular weight is 216 g/mol. The van der Waals surface area contributed by atoms with Crippen LogP contribution >= 0.6 is 0 Å². The van der Waals surface area contributed by atoms with Gasteiger partial charge in [-0.25, -0.2) is 0 Å². The lowest BCUT2D eigenvalue weighted by molar-refractivity contribution is -0.0827. The van der Waals surface area contributed by atoms with E-state index in [1.807, 2.05) is 6.92 Å². The highest BCUT2D eigenvalue weighted by Crippen LogP contribution is 2.19. The summed E-state index contributed by atoms with van der Waals surface area (Å²) in [7, 11) is 0. The third kappa shape index (κ3) is 6.16. The molecule has 0 heterocycles. The fraction of sp³-hybridized carbons (Fsp3) is 1.00. The first-order chi connectivity index (χ1) is 7.11. The van der Waals surface area contributed by atoms with Crippen LogP contribution in [0.25, 0.3) is 0 Å². The van der Waals surface area contributed by atoms with E-state index in [0.29, 0.717) is 5.92 Å². The van der Waals surface area contributed by atoms with Gasteiger partial charge in [0.1, 0.15) is 0 Å². The second-order valence-electron chi connectivity index (χ2n) is 4.69. The summed E-state index contributed by atoms with van der Waals surface area (Å²) in [5, 5.41) is 9.22. The number of aliphatic hydroxyl groups is 1. The highest BCUT2D eigenvalue weighted by Gasteiger charge is 2.22. The molecule has 0 saturated carbocycles. The van der Waals surface area contributed by atoms with E-state index in [-0.39, 0.29) is 12.2 Å². The van der Waals surface area contributed by atoms with Crippen molar-refractivity contribution in [2.75, 3.05) is 13.2 Å². The Morgan fingerprint density at radius 3 is 2.33 bits per heavy atom. The van der Waals surface area contributed by atoms with Crippen molar-refractivity contribution < 1.29 is 9.84 Å². The van der Waals surface area contributed by atoms with Crippen molar-refractivity contribution in [3.8, 4) is 0 Å². The molecule has 0 aromatic rings. The van der Waals surface area contributed by atoms with Gasteiger partial charge in [0.25, 0.3) is 0 Å². The van der Waals surface area contributed by atoms with Gasteiger partial charge >= 0.3 is 0 Å². The van der Waals surface area contributed by atoms with Crippen LogP contribution in [0.15, 0.2) is 0 Å². The first kappa shape index (κ1) is 14.9. The van der Waals surface area contributed by atoms with Crippen LogP contribution in [-0.2, 0) is 4.74 Å². The molecule has 2 atom stereocenters. The maximum absolute atomic E-state index is 9.22. The van der Waals surface area contributed by atoms with Crippen molar-refractivity contribution in [2.24, 2.45) is 5.92 Å². The molecule has 0 rings (SSSR count). The average Bonchev–Trinajstić information content (AvgIpc) is 2.29. The molecule has 0 aliphatic carbocycles. The summed E-state index contributed by atoms with van der Waals surface area (Å²) >= 11 is 0. The highest BCUT2D eigenvalue weighted by atomic mass is 16.5. The lowest BCUT2D eigenvalue weighted by Crippen LogP contribution is -2.34. The van der Waals surface area contributed by atoms with Crippen molar-refractivity contribution in [3.05, 3.63) is 0 Å². The summed E-state index contributed by atoms with van der Waals surface area (Å²) in [6, 6.07) is 0. The van der Waals surface area contributed by atoms with Crippen LogP contribution in [0, 0.1) is 5.92 Å². The molecule has 0 aliphatic heterocycles. The largest absolute Gasteiger partial charge is 0.393 e. The van der Waals surface area contributed by atoms with Crippen molar-refractivity contribution in [1.29, 1.82) is 0 Å². The maximum Gasteiger partial charge on any atom is 0.0881 e. The molecule has 0 radical (unpaired) electrons. The third-order valence-corrected chi connectivity index (χ3v) is 3.29. The van der Waals surface area contributed by atoms with E-state index >= 15 is 0 Å². The third-order valence-electron chi connectivity index (χ3n) is 3.29. The number of aliphatic hydroxyl groups excluding tert-OH is 1. The molecule has 0 aliphatic rings. The SMILES string of the molecule is CCCCC(CC)COC(C)(CC)CO. The molecule has 1 N–H and O–H groups in total. The Labute approximate surface area is 95.0 Å². The Morgan fingerprint density at radius 2 is 1.93 bits per heavy atom. The van der Waals surface area contributed by atoms with Gasteiger partial charge in [0, 0.05) is 0 Å². The monoisotopic (exact) mass is 216 g/mol. The first-order valence-electron chi connectivity index (χ1n) is 6.36. The fourth-order valence-corrected chi connectivity index (χ4v) is 1.48. The molecule has 0 spiro atoms. The summed E-state index contributed by atoms with van der Waals surface area (Å²) in [6.07, 6.45) is 5.82. The maximum atomic E-state index is 9.22. The van der Waals surface area contributed by atoms with Crippen LogP contribution in [0.3, 0.4) is 0 Å². The summed E-state index contributed by atoms with van der Waals surface area (Å²) < 4.78 is 5.83. The smallest absolute Gasteiger partial charge is 0.0881 e. The molecular weight excluding hydrogens is 188 g/mol. The molecule has 2 nitrogen and oxygen atoms in total. The molecule has 0 amide bonds. The van der Waals surface area contributed by atoms with Gasteiger partial charge in [-0.05, 0) is 25.7 Å². The summed E-state index contributed by atoms with van der Waals surface area (Å²) in [5.74, 6) is 0.655. The molecule has 15 heavy (non-hydrogen) atoms. The van der Waals surface area contributed by atoms with E-state index in [0.717, 1.165) is 13.0 Å². The van der Waals surface area contributed by atoms with Gasteiger partial charge in [-0.3, -0.25) is 0 Å². The minimum atomic E-state index is -0.334. The predicted molar refractivity (Wildman–Crippen MR) is 65.0 cm³/mol. The molecule has 92 valence electrons. The number of ether oxygens (including phenoxy) is 1. The Morgan fingerprint density at radius 1 is 1.27 bits per heavy atom. The summed E-state index contributed by atoms with van der Waals surface area (Å²) in [4.78, 5) is 0. The fourth-order valence-electron chi connectivity index (χ4n) is 1.48. The number of hydrogen-bond donors (Lipinski definition) is 1. The topological polar surface area (TPSA) is 29.5 Å². The summed E-state index contributed by atoms with van der Waals surface area (Å²) in [5.41, 5.74) is -0.334. The van der Waals surface area contributed by atoms with E-state index < -0.39 is 0 Å². The summed E-state index contributed by atoms with van der Waals surface area (Å²) in [6.45, 7) is 9.39. The lowest BCUT2D eigenvalue weighted by Gasteiger charge is -2.28. The number of rotatable bonds is 9.